The molecule has 0 fully saturated rings. The third-order valence-electron chi connectivity index (χ3n) is 3.30. The summed E-state index contributed by atoms with van der Waals surface area (Å²) in [6, 6.07) is 8.28. The smallest absolute Gasteiger partial charge is 0.122 e. The van der Waals surface area contributed by atoms with Gasteiger partial charge in [0.2, 0.25) is 0 Å². The molecule has 0 radical (unpaired) electrons. The minimum Gasteiger partial charge on any atom is -0.496 e. The highest BCUT2D eigenvalue weighted by Crippen LogP contribution is 2.20. The summed E-state index contributed by atoms with van der Waals surface area (Å²) in [4.78, 5) is 0. The molecule has 2 nitrogen and oxygen atoms in total. The molecule has 0 amide bonds. The van der Waals surface area contributed by atoms with Gasteiger partial charge >= 0.3 is 0 Å². The molecular weight excluding hydrogens is 224 g/mol. The molecule has 1 N–H and O–H groups in total. The van der Waals surface area contributed by atoms with E-state index in [0.717, 1.165) is 18.6 Å². The Morgan fingerprint density at radius 2 is 1.50 bits per heavy atom. The second-order valence-electron chi connectivity index (χ2n) is 4.76. The van der Waals surface area contributed by atoms with E-state index in [9.17, 15) is 0 Å². The van der Waals surface area contributed by atoms with Crippen molar-refractivity contribution in [1.82, 2.24) is 0 Å². The van der Waals surface area contributed by atoms with Crippen molar-refractivity contribution in [2.24, 2.45) is 0 Å². The minimum absolute atomic E-state index is 0.341. The van der Waals surface area contributed by atoms with Crippen LogP contribution in [0.5, 0.6) is 5.75 Å². The summed E-state index contributed by atoms with van der Waals surface area (Å²) in [5, 5.41) is 8.67. The van der Waals surface area contributed by atoms with Crippen molar-refractivity contribution in [3.05, 3.63) is 29.8 Å². The first-order valence-electron chi connectivity index (χ1n) is 7.11. The maximum atomic E-state index is 8.67. The molecule has 0 heterocycles. The molecule has 18 heavy (non-hydrogen) atoms. The molecule has 0 aliphatic heterocycles. The Kier molecular flexibility index (Phi) is 8.32. The second-order valence-corrected chi connectivity index (χ2v) is 4.76. The number of unbranched alkanes of at least 4 members (excludes halogenated alkanes) is 6. The summed E-state index contributed by atoms with van der Waals surface area (Å²) in [6.45, 7) is 0.341. The lowest BCUT2D eigenvalue weighted by atomic mass is 10.0. The number of hydrogen-bond donors (Lipinski definition) is 1. The quantitative estimate of drug-likeness (QED) is 0.637. The van der Waals surface area contributed by atoms with Crippen LogP contribution in [0, 0.1) is 0 Å². The maximum absolute atomic E-state index is 8.67. The van der Waals surface area contributed by atoms with Gasteiger partial charge in [0.1, 0.15) is 5.75 Å². The van der Waals surface area contributed by atoms with Crippen LogP contribution in [0.4, 0.5) is 0 Å². The molecule has 1 aromatic rings. The van der Waals surface area contributed by atoms with Crippen LogP contribution in [-0.2, 0) is 6.42 Å². The van der Waals surface area contributed by atoms with Gasteiger partial charge in [-0.05, 0) is 30.9 Å². The number of aliphatic hydroxyl groups excluding tert-OH is 1. The SMILES string of the molecule is COc1ccccc1CCCCCCCCCO. The van der Waals surface area contributed by atoms with Gasteiger partial charge in [-0.2, -0.15) is 0 Å². The van der Waals surface area contributed by atoms with Gasteiger partial charge in [0.15, 0.2) is 0 Å². The fraction of sp³-hybridized carbons (Fsp3) is 0.625. The van der Waals surface area contributed by atoms with Crippen LogP contribution in [-0.4, -0.2) is 18.8 Å². The molecule has 1 rings (SSSR count). The number of aliphatic hydroxyl groups is 1. The van der Waals surface area contributed by atoms with E-state index in [1.807, 2.05) is 12.1 Å². The Balaban J connectivity index is 2.07. The third-order valence-corrected chi connectivity index (χ3v) is 3.30. The Bertz CT molecular complexity index is 310. The maximum Gasteiger partial charge on any atom is 0.122 e. The number of aryl methyl sites for hydroxylation is 1. The molecule has 1 aromatic carbocycles. The van der Waals surface area contributed by atoms with Crippen LogP contribution in [0.2, 0.25) is 0 Å². The molecule has 0 saturated carbocycles. The summed E-state index contributed by atoms with van der Waals surface area (Å²) in [5.41, 5.74) is 1.32. The fourth-order valence-corrected chi connectivity index (χ4v) is 2.22. The molecule has 0 spiro atoms. The normalized spacial score (nSPS) is 10.6. The molecule has 0 saturated heterocycles. The van der Waals surface area contributed by atoms with Crippen molar-refractivity contribution in [3.8, 4) is 5.75 Å². The van der Waals surface area contributed by atoms with E-state index in [4.69, 9.17) is 9.84 Å². The Morgan fingerprint density at radius 3 is 2.17 bits per heavy atom. The van der Waals surface area contributed by atoms with Crippen molar-refractivity contribution in [2.75, 3.05) is 13.7 Å². The lowest BCUT2D eigenvalue weighted by molar-refractivity contribution is 0.282. The van der Waals surface area contributed by atoms with Gasteiger partial charge in [0.05, 0.1) is 7.11 Å². The Hall–Kier alpha value is -1.02. The topological polar surface area (TPSA) is 29.5 Å². The van der Waals surface area contributed by atoms with Crippen LogP contribution >= 0.6 is 0 Å². The molecule has 0 aromatic heterocycles. The Morgan fingerprint density at radius 1 is 0.889 bits per heavy atom. The van der Waals surface area contributed by atoms with Crippen LogP contribution in [0.15, 0.2) is 24.3 Å². The zero-order valence-corrected chi connectivity index (χ0v) is 11.5. The zero-order chi connectivity index (χ0) is 13.1. The number of hydrogen-bond acceptors (Lipinski definition) is 2. The summed E-state index contributed by atoms with van der Waals surface area (Å²) in [6.07, 6.45) is 9.63. The molecular formula is C16H26O2. The summed E-state index contributed by atoms with van der Waals surface area (Å²) < 4.78 is 5.34. The molecule has 0 aliphatic carbocycles. The summed E-state index contributed by atoms with van der Waals surface area (Å²) in [7, 11) is 1.74. The van der Waals surface area contributed by atoms with Crippen molar-refractivity contribution in [2.45, 2.75) is 51.4 Å². The standard InChI is InChI=1S/C16H26O2/c1-18-16-13-9-8-12-15(16)11-7-5-3-2-4-6-10-14-17/h8-9,12-13,17H,2-7,10-11,14H2,1H3. The molecule has 0 aliphatic rings. The first-order chi connectivity index (χ1) is 8.88. The highest BCUT2D eigenvalue weighted by molar-refractivity contribution is 5.33. The molecule has 0 unspecified atom stereocenters. The average molecular weight is 250 g/mol. The van der Waals surface area contributed by atoms with E-state index in [1.165, 1.54) is 44.1 Å². The molecule has 0 atom stereocenters. The fourth-order valence-electron chi connectivity index (χ4n) is 2.22. The van der Waals surface area contributed by atoms with Crippen LogP contribution < -0.4 is 4.74 Å². The average Bonchev–Trinajstić information content (AvgIpc) is 2.42. The lowest BCUT2D eigenvalue weighted by Gasteiger charge is -2.07. The Labute approximate surface area is 111 Å². The van der Waals surface area contributed by atoms with E-state index in [0.29, 0.717) is 6.61 Å². The van der Waals surface area contributed by atoms with Crippen LogP contribution in [0.1, 0.15) is 50.5 Å². The van der Waals surface area contributed by atoms with E-state index in [-0.39, 0.29) is 0 Å². The molecule has 0 bridgehead atoms. The van der Waals surface area contributed by atoms with Gasteiger partial charge in [0, 0.05) is 6.61 Å². The third kappa shape index (κ3) is 6.06. The highest BCUT2D eigenvalue weighted by Gasteiger charge is 2.00. The minimum atomic E-state index is 0.341. The van der Waals surface area contributed by atoms with E-state index >= 15 is 0 Å². The van der Waals surface area contributed by atoms with E-state index < -0.39 is 0 Å². The largest absolute Gasteiger partial charge is 0.496 e. The van der Waals surface area contributed by atoms with Gasteiger partial charge in [-0.25, -0.2) is 0 Å². The predicted molar refractivity (Wildman–Crippen MR) is 76.1 cm³/mol. The molecule has 102 valence electrons. The summed E-state index contributed by atoms with van der Waals surface area (Å²) >= 11 is 0. The van der Waals surface area contributed by atoms with Gasteiger partial charge in [-0.1, -0.05) is 50.3 Å². The van der Waals surface area contributed by atoms with E-state index in [2.05, 4.69) is 12.1 Å². The van der Waals surface area contributed by atoms with Crippen molar-refractivity contribution < 1.29 is 9.84 Å². The number of rotatable bonds is 10. The van der Waals surface area contributed by atoms with Gasteiger partial charge in [-0.15, -0.1) is 0 Å². The van der Waals surface area contributed by atoms with Crippen LogP contribution in [0.25, 0.3) is 0 Å². The first kappa shape index (κ1) is 15.0. The zero-order valence-electron chi connectivity index (χ0n) is 11.5. The predicted octanol–water partition coefficient (Wildman–Crippen LogP) is 3.96. The number of benzene rings is 1. The monoisotopic (exact) mass is 250 g/mol. The number of methoxy groups -OCH3 is 1. The van der Waals surface area contributed by atoms with Gasteiger partial charge in [0.25, 0.3) is 0 Å². The van der Waals surface area contributed by atoms with Gasteiger partial charge in [-0.3, -0.25) is 0 Å². The van der Waals surface area contributed by atoms with Crippen molar-refractivity contribution in [1.29, 1.82) is 0 Å². The summed E-state index contributed by atoms with van der Waals surface area (Å²) in [5.74, 6) is 1.01. The van der Waals surface area contributed by atoms with E-state index in [1.54, 1.807) is 7.11 Å². The lowest BCUT2D eigenvalue weighted by Crippen LogP contribution is -1.92. The molecule has 2 heteroatoms. The van der Waals surface area contributed by atoms with Crippen molar-refractivity contribution >= 4 is 0 Å². The van der Waals surface area contributed by atoms with Gasteiger partial charge < -0.3 is 9.84 Å². The van der Waals surface area contributed by atoms with Crippen LogP contribution in [0.3, 0.4) is 0 Å². The van der Waals surface area contributed by atoms with Crippen molar-refractivity contribution in [3.63, 3.8) is 0 Å². The number of ether oxygens (including phenoxy) is 1. The first-order valence-corrected chi connectivity index (χ1v) is 7.11. The second kappa shape index (κ2) is 9.95. The number of para-hydroxylation sites is 1. The highest BCUT2D eigenvalue weighted by atomic mass is 16.5.